The Morgan fingerprint density at radius 2 is 1.65 bits per heavy atom. The standard InChI is InChI=1S/C16H16F3N/c1-20-10-12(11-4-2-5-13(17)8-11)9-14-15(18)6-3-7-16(14)19/h2-8,12,20H,9-10H2,1H3. The molecule has 0 heterocycles. The van der Waals surface area contributed by atoms with Gasteiger partial charge in [0, 0.05) is 18.0 Å². The molecule has 1 unspecified atom stereocenters. The van der Waals surface area contributed by atoms with Gasteiger partial charge in [0.25, 0.3) is 0 Å². The molecule has 0 saturated heterocycles. The van der Waals surface area contributed by atoms with Crippen LogP contribution in [0.25, 0.3) is 0 Å². The van der Waals surface area contributed by atoms with Gasteiger partial charge in [-0.25, -0.2) is 13.2 Å². The van der Waals surface area contributed by atoms with Gasteiger partial charge in [0.15, 0.2) is 0 Å². The molecule has 1 nitrogen and oxygen atoms in total. The monoisotopic (exact) mass is 279 g/mol. The summed E-state index contributed by atoms with van der Waals surface area (Å²) in [6.07, 6.45) is 0.183. The third-order valence-corrected chi connectivity index (χ3v) is 3.28. The summed E-state index contributed by atoms with van der Waals surface area (Å²) in [7, 11) is 1.75. The molecule has 2 rings (SSSR count). The van der Waals surface area contributed by atoms with Crippen molar-refractivity contribution < 1.29 is 13.2 Å². The van der Waals surface area contributed by atoms with E-state index in [1.165, 1.54) is 30.3 Å². The molecule has 0 bridgehead atoms. The Morgan fingerprint density at radius 1 is 1.00 bits per heavy atom. The van der Waals surface area contributed by atoms with Gasteiger partial charge in [-0.05, 0) is 43.3 Å². The smallest absolute Gasteiger partial charge is 0.129 e. The Balaban J connectivity index is 2.30. The van der Waals surface area contributed by atoms with Crippen molar-refractivity contribution in [2.45, 2.75) is 12.3 Å². The van der Waals surface area contributed by atoms with Crippen molar-refractivity contribution >= 4 is 0 Å². The van der Waals surface area contributed by atoms with Crippen LogP contribution in [0.15, 0.2) is 42.5 Å². The van der Waals surface area contributed by atoms with Gasteiger partial charge in [0.2, 0.25) is 0 Å². The summed E-state index contributed by atoms with van der Waals surface area (Å²) in [6, 6.07) is 9.93. The average Bonchev–Trinajstić information content (AvgIpc) is 2.42. The Kier molecular flexibility index (Phi) is 4.79. The highest BCUT2D eigenvalue weighted by Crippen LogP contribution is 2.24. The van der Waals surface area contributed by atoms with Crippen molar-refractivity contribution in [2.75, 3.05) is 13.6 Å². The quantitative estimate of drug-likeness (QED) is 0.881. The predicted molar refractivity (Wildman–Crippen MR) is 73.1 cm³/mol. The highest BCUT2D eigenvalue weighted by atomic mass is 19.1. The van der Waals surface area contributed by atoms with Gasteiger partial charge >= 0.3 is 0 Å². The van der Waals surface area contributed by atoms with Gasteiger partial charge < -0.3 is 5.32 Å². The Bertz CT molecular complexity index is 563. The van der Waals surface area contributed by atoms with E-state index in [9.17, 15) is 13.2 Å². The lowest BCUT2D eigenvalue weighted by Crippen LogP contribution is -2.20. The maximum atomic E-state index is 13.7. The van der Waals surface area contributed by atoms with Gasteiger partial charge in [-0.1, -0.05) is 18.2 Å². The van der Waals surface area contributed by atoms with Crippen LogP contribution in [0.5, 0.6) is 0 Å². The lowest BCUT2D eigenvalue weighted by atomic mass is 9.91. The van der Waals surface area contributed by atoms with E-state index in [1.54, 1.807) is 19.2 Å². The van der Waals surface area contributed by atoms with Crippen LogP contribution in [0.2, 0.25) is 0 Å². The largest absolute Gasteiger partial charge is 0.319 e. The molecule has 0 fully saturated rings. The second kappa shape index (κ2) is 6.57. The second-order valence-corrected chi connectivity index (χ2v) is 4.71. The number of halogens is 3. The molecule has 0 aliphatic rings. The number of nitrogens with one attached hydrogen (secondary N) is 1. The third-order valence-electron chi connectivity index (χ3n) is 3.28. The van der Waals surface area contributed by atoms with E-state index in [1.807, 2.05) is 0 Å². The van der Waals surface area contributed by atoms with Crippen molar-refractivity contribution in [3.05, 3.63) is 71.0 Å². The molecule has 0 aromatic heterocycles. The predicted octanol–water partition coefficient (Wildman–Crippen LogP) is 3.65. The maximum absolute atomic E-state index is 13.7. The van der Waals surface area contributed by atoms with Gasteiger partial charge in [0.1, 0.15) is 17.5 Å². The van der Waals surface area contributed by atoms with Crippen LogP contribution in [0.3, 0.4) is 0 Å². The van der Waals surface area contributed by atoms with E-state index >= 15 is 0 Å². The molecule has 0 saturated carbocycles. The first-order valence-corrected chi connectivity index (χ1v) is 6.44. The van der Waals surface area contributed by atoms with Crippen molar-refractivity contribution in [1.82, 2.24) is 5.32 Å². The van der Waals surface area contributed by atoms with Gasteiger partial charge in [-0.3, -0.25) is 0 Å². The van der Waals surface area contributed by atoms with Crippen LogP contribution in [0, 0.1) is 17.5 Å². The topological polar surface area (TPSA) is 12.0 Å². The maximum Gasteiger partial charge on any atom is 0.129 e. The molecular formula is C16H16F3N. The van der Waals surface area contributed by atoms with Crippen LogP contribution < -0.4 is 5.32 Å². The van der Waals surface area contributed by atoms with Crippen molar-refractivity contribution in [2.24, 2.45) is 0 Å². The van der Waals surface area contributed by atoms with Crippen LogP contribution in [0.1, 0.15) is 17.0 Å². The molecule has 20 heavy (non-hydrogen) atoms. The Labute approximate surface area is 116 Å². The Hall–Kier alpha value is -1.81. The number of hydrogen-bond donors (Lipinski definition) is 1. The lowest BCUT2D eigenvalue weighted by molar-refractivity contribution is 0.527. The zero-order valence-electron chi connectivity index (χ0n) is 11.2. The minimum Gasteiger partial charge on any atom is -0.319 e. The van der Waals surface area contributed by atoms with E-state index in [-0.39, 0.29) is 23.7 Å². The summed E-state index contributed by atoms with van der Waals surface area (Å²) in [5.41, 5.74) is 0.763. The zero-order chi connectivity index (χ0) is 14.5. The van der Waals surface area contributed by atoms with E-state index in [2.05, 4.69) is 5.32 Å². The first-order valence-electron chi connectivity index (χ1n) is 6.44. The molecule has 0 aliphatic carbocycles. The molecule has 2 aromatic carbocycles. The minimum absolute atomic E-state index is 0.0389. The summed E-state index contributed by atoms with van der Waals surface area (Å²) < 4.78 is 40.7. The minimum atomic E-state index is -0.567. The van der Waals surface area contributed by atoms with Crippen molar-refractivity contribution in [3.8, 4) is 0 Å². The lowest BCUT2D eigenvalue weighted by Gasteiger charge is -2.18. The van der Waals surface area contributed by atoms with E-state index in [0.717, 1.165) is 5.56 Å². The first kappa shape index (κ1) is 14.6. The van der Waals surface area contributed by atoms with Crippen LogP contribution >= 0.6 is 0 Å². The number of benzene rings is 2. The van der Waals surface area contributed by atoms with Gasteiger partial charge in [0.05, 0.1) is 0 Å². The number of likely N-dealkylation sites (N-methyl/N-ethyl adjacent to an activating group) is 1. The van der Waals surface area contributed by atoms with E-state index in [4.69, 9.17) is 0 Å². The Morgan fingerprint density at radius 3 is 2.25 bits per heavy atom. The summed E-state index contributed by atoms with van der Waals surface area (Å²) in [5, 5.41) is 2.98. The highest BCUT2D eigenvalue weighted by Gasteiger charge is 2.17. The van der Waals surface area contributed by atoms with Crippen molar-refractivity contribution in [1.29, 1.82) is 0 Å². The number of hydrogen-bond acceptors (Lipinski definition) is 1. The van der Waals surface area contributed by atoms with Crippen LogP contribution in [-0.2, 0) is 6.42 Å². The zero-order valence-corrected chi connectivity index (χ0v) is 11.2. The van der Waals surface area contributed by atoms with E-state index in [0.29, 0.717) is 6.54 Å². The molecule has 2 aromatic rings. The second-order valence-electron chi connectivity index (χ2n) is 4.71. The normalized spacial score (nSPS) is 12.4. The third kappa shape index (κ3) is 3.39. The SMILES string of the molecule is CNCC(Cc1c(F)cccc1F)c1cccc(F)c1. The molecule has 4 heteroatoms. The summed E-state index contributed by atoms with van der Waals surface area (Å²) in [5.74, 6) is -1.68. The van der Waals surface area contributed by atoms with Gasteiger partial charge in [-0.2, -0.15) is 0 Å². The molecule has 1 atom stereocenters. The fraction of sp³-hybridized carbons (Fsp3) is 0.250. The number of rotatable bonds is 5. The molecular weight excluding hydrogens is 263 g/mol. The van der Waals surface area contributed by atoms with Crippen LogP contribution in [-0.4, -0.2) is 13.6 Å². The summed E-state index contributed by atoms with van der Waals surface area (Å²) in [6.45, 7) is 0.511. The highest BCUT2D eigenvalue weighted by molar-refractivity contribution is 5.27. The molecule has 106 valence electrons. The van der Waals surface area contributed by atoms with Gasteiger partial charge in [-0.15, -0.1) is 0 Å². The molecule has 1 N–H and O–H groups in total. The fourth-order valence-electron chi connectivity index (χ4n) is 2.29. The van der Waals surface area contributed by atoms with Crippen LogP contribution in [0.4, 0.5) is 13.2 Å². The fourth-order valence-corrected chi connectivity index (χ4v) is 2.29. The van der Waals surface area contributed by atoms with E-state index < -0.39 is 11.6 Å². The summed E-state index contributed by atoms with van der Waals surface area (Å²) >= 11 is 0. The van der Waals surface area contributed by atoms with Crippen molar-refractivity contribution in [3.63, 3.8) is 0 Å². The molecule has 0 radical (unpaired) electrons. The molecule has 0 amide bonds. The summed E-state index contributed by atoms with van der Waals surface area (Å²) in [4.78, 5) is 0. The first-order chi connectivity index (χ1) is 9.61. The molecule has 0 spiro atoms. The average molecular weight is 279 g/mol. The molecule has 0 aliphatic heterocycles.